The minimum atomic E-state index is -2.14. The highest BCUT2D eigenvalue weighted by molar-refractivity contribution is 5.90. The lowest BCUT2D eigenvalue weighted by Crippen LogP contribution is -2.73. The number of carbonyl (C=O) groups is 4. The molecule has 0 bridgehead atoms. The second-order valence-corrected chi connectivity index (χ2v) is 30.2. The maximum atomic E-state index is 13.8. The van der Waals surface area contributed by atoms with Crippen LogP contribution >= 0.6 is 0 Å². The molecule has 96 heavy (non-hydrogen) atoms. The highest BCUT2D eigenvalue weighted by Crippen LogP contribution is 2.76. The Bertz CT molecular complexity index is 3130. The van der Waals surface area contributed by atoms with E-state index in [-0.39, 0.29) is 35.8 Å². The Kier molecular flexibility index (Phi) is 20.7. The zero-order valence-corrected chi connectivity index (χ0v) is 55.4. The quantitative estimate of drug-likeness (QED) is 0.0489. The van der Waals surface area contributed by atoms with E-state index in [0.29, 0.717) is 32.1 Å². The van der Waals surface area contributed by atoms with Crippen molar-refractivity contribution in [1.82, 2.24) is 0 Å². The van der Waals surface area contributed by atoms with Gasteiger partial charge >= 0.3 is 23.9 Å². The molecule has 2 aromatic carbocycles. The van der Waals surface area contributed by atoms with Crippen molar-refractivity contribution in [2.45, 2.75) is 248 Å². The van der Waals surface area contributed by atoms with Gasteiger partial charge in [0.25, 0.3) is 0 Å². The number of esters is 3. The Hall–Kier alpha value is -4.70. The zero-order chi connectivity index (χ0) is 69.7. The molecule has 4 saturated carbocycles. The minimum absolute atomic E-state index is 0.0523. The van der Waals surface area contributed by atoms with Gasteiger partial charge in [-0.15, -0.1) is 0 Å². The number of hydrogen-bond acceptors (Lipinski definition) is 26. The summed E-state index contributed by atoms with van der Waals surface area (Å²) in [6.07, 6.45) is -32.7. The third-order valence-electron chi connectivity index (χ3n) is 24.1. The summed E-state index contributed by atoms with van der Waals surface area (Å²) in [5.41, 5.74) is -3.76. The number of aliphatic hydroxyl groups excluding tert-OH is 11. The summed E-state index contributed by atoms with van der Waals surface area (Å²) in [7, 11) is 0. The van der Waals surface area contributed by atoms with Gasteiger partial charge in [0.2, 0.25) is 0 Å². The molecular formula is C69H96O27. The highest BCUT2D eigenvalue weighted by Gasteiger charge is 2.74. The smallest absolute Gasteiger partial charge is 0.338 e. The second kappa shape index (κ2) is 27.3. The number of aliphatic hydroxyl groups is 11. The molecule has 2 aromatic rings. The summed E-state index contributed by atoms with van der Waals surface area (Å²) in [6.45, 7) is 15.3. The number of hydrogen-bond donors (Lipinski definition) is 12. The van der Waals surface area contributed by atoms with Crippen molar-refractivity contribution in [3.8, 4) is 0 Å². The van der Waals surface area contributed by atoms with E-state index >= 15 is 0 Å². The molecule has 0 radical (unpaired) electrons. The third kappa shape index (κ3) is 12.4. The Morgan fingerprint density at radius 1 is 0.583 bits per heavy atom. The van der Waals surface area contributed by atoms with E-state index in [4.69, 9.17) is 52.1 Å². The van der Waals surface area contributed by atoms with Crippen molar-refractivity contribution in [2.75, 3.05) is 19.8 Å². The van der Waals surface area contributed by atoms with Gasteiger partial charge in [-0.2, -0.15) is 0 Å². The zero-order valence-electron chi connectivity index (χ0n) is 55.4. The van der Waals surface area contributed by atoms with Crippen molar-refractivity contribution in [3.05, 3.63) is 83.4 Å². The maximum absolute atomic E-state index is 13.8. The lowest BCUT2D eigenvalue weighted by Gasteiger charge is -2.72. The van der Waals surface area contributed by atoms with Crippen LogP contribution in [0.25, 0.3) is 0 Å². The number of aliphatic carboxylic acids is 1. The van der Waals surface area contributed by atoms with Crippen LogP contribution in [0.4, 0.5) is 0 Å². The van der Waals surface area contributed by atoms with Crippen molar-refractivity contribution < 1.29 is 133 Å². The predicted molar refractivity (Wildman–Crippen MR) is 329 cm³/mol. The number of carboxylic acid groups (broad SMARTS) is 1. The van der Waals surface area contributed by atoms with Crippen LogP contribution in [-0.2, 0) is 61.7 Å². The number of carbonyl (C=O) groups excluding carboxylic acids is 3. The number of fused-ring (bicyclic) bond motifs is 7. The van der Waals surface area contributed by atoms with Gasteiger partial charge in [-0.05, 0) is 121 Å². The van der Waals surface area contributed by atoms with Crippen molar-refractivity contribution >= 4 is 23.9 Å². The van der Waals surface area contributed by atoms with Gasteiger partial charge in [0.15, 0.2) is 43.5 Å². The largest absolute Gasteiger partial charge is 0.479 e. The van der Waals surface area contributed by atoms with Crippen LogP contribution in [0.2, 0.25) is 0 Å². The number of benzene rings is 2. The molecule has 27 nitrogen and oxygen atoms in total. The molecule has 4 saturated heterocycles. The van der Waals surface area contributed by atoms with Crippen LogP contribution in [0.15, 0.2) is 72.3 Å². The maximum Gasteiger partial charge on any atom is 0.338 e. The first-order valence-electron chi connectivity index (χ1n) is 33.4. The Labute approximate surface area is 556 Å². The van der Waals surface area contributed by atoms with E-state index in [1.165, 1.54) is 19.1 Å². The number of ether oxygens (including phenoxy) is 11. The monoisotopic (exact) mass is 1360 g/mol. The van der Waals surface area contributed by atoms with Crippen LogP contribution < -0.4 is 0 Å². The molecule has 4 aliphatic heterocycles. The van der Waals surface area contributed by atoms with Gasteiger partial charge in [0.1, 0.15) is 79.4 Å². The second-order valence-electron chi connectivity index (χ2n) is 30.2. The summed E-state index contributed by atoms with van der Waals surface area (Å²) in [4.78, 5) is 54.0. The Morgan fingerprint density at radius 3 is 1.79 bits per heavy atom. The van der Waals surface area contributed by atoms with E-state index < -0.39 is 223 Å². The molecule has 30 atom stereocenters. The van der Waals surface area contributed by atoms with Crippen LogP contribution in [0.5, 0.6) is 0 Å². The van der Waals surface area contributed by atoms with Gasteiger partial charge in [-0.3, -0.25) is 4.79 Å². The van der Waals surface area contributed by atoms with Crippen LogP contribution in [0.3, 0.4) is 0 Å². The van der Waals surface area contributed by atoms with Gasteiger partial charge in [-0.1, -0.05) is 96.5 Å². The topological polar surface area (TPSA) is 413 Å². The fourth-order valence-electron chi connectivity index (χ4n) is 18.7. The molecule has 8 fully saturated rings. The Morgan fingerprint density at radius 2 is 1.19 bits per heavy atom. The number of carboxylic acids is 1. The molecule has 11 rings (SSSR count). The lowest BCUT2D eigenvalue weighted by molar-refractivity contribution is -0.392. The summed E-state index contributed by atoms with van der Waals surface area (Å²) in [5.74, 6) is -4.77. The summed E-state index contributed by atoms with van der Waals surface area (Å²) in [5, 5.41) is 135. The van der Waals surface area contributed by atoms with Crippen LogP contribution in [0, 0.1) is 50.2 Å². The first kappa shape index (κ1) is 72.5. The van der Waals surface area contributed by atoms with Crippen molar-refractivity contribution in [3.63, 3.8) is 0 Å². The fraction of sp³-hybridized carbons (Fsp3) is 0.739. The molecule has 12 N–H and O–H groups in total. The minimum Gasteiger partial charge on any atom is -0.479 e. The van der Waals surface area contributed by atoms with Crippen LogP contribution in [0.1, 0.15) is 128 Å². The molecule has 4 heterocycles. The highest BCUT2D eigenvalue weighted by atomic mass is 16.8. The normalized spacial score (nSPS) is 46.5. The third-order valence-corrected chi connectivity index (χ3v) is 24.1. The molecule has 0 amide bonds. The first-order chi connectivity index (χ1) is 45.2. The molecule has 27 heteroatoms. The standard InChI is InChI=1S/C69H96O27/c1-31-50(91-58(84)33-16-12-10-13-17-33)52(92-59(85)34-18-14-11-15-19-34)49(81)62(87-31)96-55-56(88-32(2)72)69(30-71)36(26-64(55,3)4)35-20-21-40-66(7)24-23-42(65(5,6)39(66)22-25-67(40,8)68(35,9)27-41(69)74)90-63-54(95-61-47(79)45(77)44(76)38(28-70)89-61)51(48(80)53(94-63)57(82)83)93-60-46(78)43(75)37(73)29-86-60/h10-20,31,36-56,60-63,70-71,73-81H,21-30H2,1-9H3,(H,82,83)/t31-,36?,37+,38+,39?,40?,41+,42-,43-,44-,45-,46+,47+,48-,49+,50-,51-,52-,53-,54+,55-,56+,60-,61-,62-,63-,66-,67+,68+,69-/m0/s1. The number of rotatable bonds is 16. The molecule has 9 aliphatic rings. The lowest BCUT2D eigenvalue weighted by atomic mass is 9.33. The average molecular weight is 1360 g/mol. The van der Waals surface area contributed by atoms with Gasteiger partial charge < -0.3 is 113 Å². The molecule has 0 spiro atoms. The van der Waals surface area contributed by atoms with E-state index in [9.17, 15) is 80.5 Å². The fourth-order valence-corrected chi connectivity index (χ4v) is 18.7. The molecule has 3 unspecified atom stereocenters. The van der Waals surface area contributed by atoms with Gasteiger partial charge in [0.05, 0.1) is 54.7 Å². The first-order valence-corrected chi connectivity index (χ1v) is 33.4. The van der Waals surface area contributed by atoms with Gasteiger partial charge in [-0.25, -0.2) is 14.4 Å². The molecule has 0 aromatic heterocycles. The van der Waals surface area contributed by atoms with Crippen molar-refractivity contribution in [2.24, 2.45) is 50.2 Å². The summed E-state index contributed by atoms with van der Waals surface area (Å²) < 4.78 is 68.3. The summed E-state index contributed by atoms with van der Waals surface area (Å²) in [6, 6.07) is 16.2. The molecule has 5 aliphatic carbocycles. The average Bonchev–Trinajstić information content (AvgIpc) is 0.669. The van der Waals surface area contributed by atoms with E-state index in [2.05, 4.69) is 26.8 Å². The van der Waals surface area contributed by atoms with Crippen molar-refractivity contribution in [1.29, 1.82) is 0 Å². The summed E-state index contributed by atoms with van der Waals surface area (Å²) >= 11 is 0. The predicted octanol–water partition coefficient (Wildman–Crippen LogP) is 1.41. The van der Waals surface area contributed by atoms with E-state index in [1.807, 2.05) is 27.7 Å². The van der Waals surface area contributed by atoms with E-state index in [1.54, 1.807) is 55.5 Å². The van der Waals surface area contributed by atoms with Crippen LogP contribution in [-0.4, -0.2) is 246 Å². The number of allylic oxidation sites excluding steroid dienone is 2. The Balaban J connectivity index is 0.875. The molecule has 534 valence electrons. The SMILES string of the molecule is CC(=O)O[C@@H]1[C@H](O[C@@H]2O[C@@H](C)[C@H](OC(=O)c3ccccc3)[C@@H](OC(=O)c3ccccc3)[C@H]2O)C(C)(C)CC2C3=CCC4[C@@]5(C)CC[C@H](O[C@H]6O[C@H](C(=O)O)[C@@H](O)[C@H](O[C@@H]7OC[C@@H](O)[C@H](O)[C@H]7O)[C@H]6O[C@@H]6O[C@H](CO)[C@H](O)[C@H](O)[C@H]6O)C(C)(C)C5CC[C@@]4(C)[C@]3(C)C[C@@H](O)[C@]21CO. The molecular weight excluding hydrogens is 1260 g/mol. The van der Waals surface area contributed by atoms with Gasteiger partial charge in [0, 0.05) is 6.92 Å². The van der Waals surface area contributed by atoms with E-state index in [0.717, 1.165) is 5.57 Å².